The van der Waals surface area contributed by atoms with Crippen molar-refractivity contribution < 1.29 is 17.6 Å². The van der Waals surface area contributed by atoms with Crippen molar-refractivity contribution in [1.29, 1.82) is 0 Å². The molecule has 0 saturated heterocycles. The summed E-state index contributed by atoms with van der Waals surface area (Å²) in [6.07, 6.45) is -1.86. The van der Waals surface area contributed by atoms with Gasteiger partial charge in [0.2, 0.25) is 5.95 Å². The molecule has 2 heterocycles. The fourth-order valence-corrected chi connectivity index (χ4v) is 2.90. The number of benzene rings is 1. The summed E-state index contributed by atoms with van der Waals surface area (Å²) in [6.45, 7) is 0. The van der Waals surface area contributed by atoms with E-state index in [1.807, 2.05) is 0 Å². The zero-order valence-electron chi connectivity index (χ0n) is 12.8. The van der Waals surface area contributed by atoms with Gasteiger partial charge in [-0.1, -0.05) is 17.7 Å². The molecule has 0 bridgehead atoms. The third-order valence-corrected chi connectivity index (χ3v) is 4.04. The van der Waals surface area contributed by atoms with Gasteiger partial charge in [0.25, 0.3) is 0 Å². The van der Waals surface area contributed by atoms with Crippen LogP contribution in [0.25, 0.3) is 5.57 Å². The summed E-state index contributed by atoms with van der Waals surface area (Å²) in [5, 5.41) is 1.65. The number of halogens is 5. The zero-order valence-corrected chi connectivity index (χ0v) is 13.6. The number of likely N-dealkylation sites (N-methyl/N-ethyl adjacent to an activating group) is 1. The number of aromatic nitrogens is 2. The molecule has 1 atom stereocenters. The number of hydrogen-bond acceptors (Lipinski definition) is 5. The lowest BCUT2D eigenvalue weighted by Crippen LogP contribution is -2.48. The van der Waals surface area contributed by atoms with Gasteiger partial charge in [-0.25, -0.2) is 19.4 Å². The summed E-state index contributed by atoms with van der Waals surface area (Å²) >= 11 is 5.72. The fraction of sp³-hybridized carbons (Fsp3) is 0.200. The predicted octanol–water partition coefficient (Wildman–Crippen LogP) is 3.19. The molecule has 0 saturated carbocycles. The Bertz CT molecular complexity index is 824. The fourth-order valence-electron chi connectivity index (χ4n) is 2.72. The standard InChI is InChI=1S/C15H12ClF4N5/c1-24-12(15(18,19)20)11(8-3-4-10(17)9(16)7-8)13(21)25(24)14-22-5-2-6-23-14/h2-7,12H,21H2,1H3. The molecular weight excluding hydrogens is 362 g/mol. The van der Waals surface area contributed by atoms with Gasteiger partial charge >= 0.3 is 6.18 Å². The van der Waals surface area contributed by atoms with Crippen molar-refractivity contribution in [2.45, 2.75) is 12.2 Å². The maximum absolute atomic E-state index is 13.7. The Labute approximate surface area is 145 Å². The summed E-state index contributed by atoms with van der Waals surface area (Å²) in [5.41, 5.74) is 5.82. The number of alkyl halides is 3. The maximum Gasteiger partial charge on any atom is 0.410 e. The Morgan fingerprint density at radius 1 is 1.20 bits per heavy atom. The van der Waals surface area contributed by atoms with E-state index in [0.717, 1.165) is 22.2 Å². The highest BCUT2D eigenvalue weighted by atomic mass is 35.5. The highest BCUT2D eigenvalue weighted by molar-refractivity contribution is 6.30. The first-order chi connectivity index (χ1) is 11.7. The molecule has 5 nitrogen and oxygen atoms in total. The lowest BCUT2D eigenvalue weighted by Gasteiger charge is -2.30. The van der Waals surface area contributed by atoms with Gasteiger partial charge in [-0.2, -0.15) is 18.2 Å². The molecule has 2 N–H and O–H groups in total. The summed E-state index contributed by atoms with van der Waals surface area (Å²) in [6, 6.07) is 2.78. The van der Waals surface area contributed by atoms with E-state index in [0.29, 0.717) is 0 Å². The molecule has 1 aliphatic rings. The molecule has 10 heteroatoms. The van der Waals surface area contributed by atoms with Crippen LogP contribution in [-0.2, 0) is 0 Å². The molecule has 0 amide bonds. The topological polar surface area (TPSA) is 58.3 Å². The van der Waals surface area contributed by atoms with Gasteiger partial charge in [0.05, 0.1) is 5.02 Å². The monoisotopic (exact) mass is 373 g/mol. The van der Waals surface area contributed by atoms with E-state index < -0.39 is 18.0 Å². The minimum absolute atomic E-state index is 0.0139. The average Bonchev–Trinajstić information content (AvgIpc) is 2.82. The third kappa shape index (κ3) is 3.00. The van der Waals surface area contributed by atoms with Gasteiger partial charge in [-0.15, -0.1) is 0 Å². The van der Waals surface area contributed by atoms with Crippen LogP contribution in [0.4, 0.5) is 23.5 Å². The van der Waals surface area contributed by atoms with E-state index in [4.69, 9.17) is 17.3 Å². The maximum atomic E-state index is 13.7. The quantitative estimate of drug-likeness (QED) is 0.819. The van der Waals surface area contributed by atoms with Crippen molar-refractivity contribution in [2.75, 3.05) is 12.1 Å². The second-order valence-corrected chi connectivity index (χ2v) is 5.71. The molecule has 0 radical (unpaired) electrons. The molecule has 1 aromatic carbocycles. The van der Waals surface area contributed by atoms with Crippen molar-refractivity contribution in [3.8, 4) is 0 Å². The Balaban J connectivity index is 2.19. The van der Waals surface area contributed by atoms with Crippen LogP contribution in [0.5, 0.6) is 0 Å². The Kier molecular flexibility index (Phi) is 4.29. The Morgan fingerprint density at radius 2 is 1.84 bits per heavy atom. The number of hydrazine groups is 1. The molecular formula is C15H12ClF4N5. The number of nitrogens with zero attached hydrogens (tertiary/aromatic N) is 4. The predicted molar refractivity (Wildman–Crippen MR) is 84.6 cm³/mol. The molecule has 0 aliphatic carbocycles. The van der Waals surface area contributed by atoms with Gasteiger partial charge in [0, 0.05) is 25.0 Å². The second-order valence-electron chi connectivity index (χ2n) is 5.31. The van der Waals surface area contributed by atoms with Crippen molar-refractivity contribution in [3.63, 3.8) is 0 Å². The number of hydrogen-bond donors (Lipinski definition) is 1. The van der Waals surface area contributed by atoms with E-state index in [-0.39, 0.29) is 27.9 Å². The molecule has 0 fully saturated rings. The first-order valence-corrected chi connectivity index (χ1v) is 7.41. The van der Waals surface area contributed by atoms with Gasteiger partial charge < -0.3 is 5.73 Å². The first kappa shape index (κ1) is 17.4. The smallest absolute Gasteiger partial charge is 0.384 e. The van der Waals surface area contributed by atoms with Crippen molar-refractivity contribution in [3.05, 3.63) is 58.9 Å². The molecule has 1 aliphatic heterocycles. The normalized spacial score (nSPS) is 19.0. The summed E-state index contributed by atoms with van der Waals surface area (Å²) < 4.78 is 54.4. The second kappa shape index (κ2) is 6.16. The largest absolute Gasteiger partial charge is 0.410 e. The highest BCUT2D eigenvalue weighted by Crippen LogP contribution is 2.43. The van der Waals surface area contributed by atoms with E-state index >= 15 is 0 Å². The van der Waals surface area contributed by atoms with Crippen LogP contribution in [0.15, 0.2) is 42.5 Å². The van der Waals surface area contributed by atoms with Crippen LogP contribution < -0.4 is 10.7 Å². The third-order valence-electron chi connectivity index (χ3n) is 3.75. The lowest BCUT2D eigenvalue weighted by atomic mass is 9.99. The molecule has 3 rings (SSSR count). The minimum Gasteiger partial charge on any atom is -0.384 e. The number of rotatable bonds is 2. The highest BCUT2D eigenvalue weighted by Gasteiger charge is 2.53. The van der Waals surface area contributed by atoms with E-state index in [2.05, 4.69) is 9.97 Å². The van der Waals surface area contributed by atoms with Crippen LogP contribution >= 0.6 is 11.6 Å². The van der Waals surface area contributed by atoms with Crippen LogP contribution in [0.2, 0.25) is 5.02 Å². The Morgan fingerprint density at radius 3 is 2.40 bits per heavy atom. The van der Waals surface area contributed by atoms with Gasteiger partial charge in [0.1, 0.15) is 11.6 Å². The van der Waals surface area contributed by atoms with Gasteiger partial charge in [0.15, 0.2) is 6.04 Å². The Hall–Kier alpha value is -2.39. The van der Waals surface area contributed by atoms with Crippen LogP contribution in [0.3, 0.4) is 0 Å². The van der Waals surface area contributed by atoms with Crippen LogP contribution in [-0.4, -0.2) is 34.2 Å². The van der Waals surface area contributed by atoms with E-state index in [1.165, 1.54) is 31.6 Å². The van der Waals surface area contributed by atoms with Crippen LogP contribution in [0.1, 0.15) is 5.56 Å². The summed E-state index contributed by atoms with van der Waals surface area (Å²) in [7, 11) is 1.22. The van der Waals surface area contributed by atoms with Gasteiger partial charge in [-0.05, 0) is 23.8 Å². The molecule has 1 aromatic heterocycles. The van der Waals surface area contributed by atoms with Gasteiger partial charge in [-0.3, -0.25) is 0 Å². The molecule has 0 spiro atoms. The number of anilines is 1. The first-order valence-electron chi connectivity index (χ1n) is 7.03. The summed E-state index contributed by atoms with van der Waals surface area (Å²) in [5.74, 6) is -0.957. The van der Waals surface area contributed by atoms with Crippen molar-refractivity contribution >= 4 is 23.1 Å². The van der Waals surface area contributed by atoms with E-state index in [9.17, 15) is 17.6 Å². The summed E-state index contributed by atoms with van der Waals surface area (Å²) in [4.78, 5) is 7.89. The lowest BCUT2D eigenvalue weighted by molar-refractivity contribution is -0.161. The zero-order chi connectivity index (χ0) is 18.4. The molecule has 25 heavy (non-hydrogen) atoms. The molecule has 132 valence electrons. The van der Waals surface area contributed by atoms with Crippen LogP contribution in [0, 0.1) is 5.82 Å². The average molecular weight is 374 g/mol. The minimum atomic E-state index is -4.64. The number of nitrogens with two attached hydrogens (primary N) is 1. The van der Waals surface area contributed by atoms with E-state index in [1.54, 1.807) is 0 Å². The van der Waals surface area contributed by atoms with Crippen molar-refractivity contribution in [1.82, 2.24) is 15.0 Å². The van der Waals surface area contributed by atoms with Crippen molar-refractivity contribution in [2.24, 2.45) is 5.73 Å². The molecule has 1 unspecified atom stereocenters. The molecule has 2 aromatic rings. The SMILES string of the molecule is CN1C(C(F)(F)F)C(c2ccc(F)c(Cl)c2)=C(N)N1c1ncccn1.